The molecule has 1 fully saturated rings. The highest BCUT2D eigenvalue weighted by Gasteiger charge is 2.24. The predicted molar refractivity (Wildman–Crippen MR) is 56.0 cm³/mol. The standard InChI is InChI=1S/C9H19NO3S/c1-9(3-2-6-11)10-4-7-14(12,13)8-5-10/h9,11H,2-8H2,1H3. The summed E-state index contributed by atoms with van der Waals surface area (Å²) >= 11 is 0. The van der Waals surface area contributed by atoms with E-state index in [0.29, 0.717) is 19.1 Å². The molecule has 0 aliphatic carbocycles. The van der Waals surface area contributed by atoms with Crippen LogP contribution >= 0.6 is 0 Å². The SMILES string of the molecule is CC(CCCO)N1CCS(=O)(=O)CC1. The van der Waals surface area contributed by atoms with Gasteiger partial charge in [0.15, 0.2) is 9.84 Å². The van der Waals surface area contributed by atoms with Crippen LogP contribution in [0.25, 0.3) is 0 Å². The van der Waals surface area contributed by atoms with E-state index in [2.05, 4.69) is 11.8 Å². The number of hydrogen-bond donors (Lipinski definition) is 1. The molecule has 1 aliphatic heterocycles. The molecule has 0 spiro atoms. The van der Waals surface area contributed by atoms with E-state index in [-0.39, 0.29) is 18.1 Å². The van der Waals surface area contributed by atoms with Gasteiger partial charge in [0, 0.05) is 25.7 Å². The minimum atomic E-state index is -2.76. The maximum Gasteiger partial charge on any atom is 0.152 e. The van der Waals surface area contributed by atoms with Crippen molar-refractivity contribution in [1.29, 1.82) is 0 Å². The highest BCUT2D eigenvalue weighted by molar-refractivity contribution is 7.91. The summed E-state index contributed by atoms with van der Waals surface area (Å²) in [5.74, 6) is 0.576. The van der Waals surface area contributed by atoms with Crippen LogP contribution in [-0.4, -0.2) is 55.7 Å². The lowest BCUT2D eigenvalue weighted by Crippen LogP contribution is -2.44. The van der Waals surface area contributed by atoms with Gasteiger partial charge < -0.3 is 5.11 Å². The highest BCUT2D eigenvalue weighted by Crippen LogP contribution is 2.11. The Morgan fingerprint density at radius 1 is 1.36 bits per heavy atom. The molecule has 5 heteroatoms. The highest BCUT2D eigenvalue weighted by atomic mass is 32.2. The Kier molecular flexibility index (Phi) is 4.34. The quantitative estimate of drug-likeness (QED) is 0.719. The molecule has 1 unspecified atom stereocenters. The minimum Gasteiger partial charge on any atom is -0.396 e. The summed E-state index contributed by atoms with van der Waals surface area (Å²) in [7, 11) is -2.76. The third kappa shape index (κ3) is 3.55. The summed E-state index contributed by atoms with van der Waals surface area (Å²) in [6.07, 6.45) is 1.74. The van der Waals surface area contributed by atoms with Gasteiger partial charge in [-0.2, -0.15) is 0 Å². The molecule has 0 bridgehead atoms. The summed E-state index contributed by atoms with van der Waals surface area (Å²) in [4.78, 5) is 2.19. The van der Waals surface area contributed by atoms with E-state index in [1.165, 1.54) is 0 Å². The number of sulfone groups is 1. The van der Waals surface area contributed by atoms with Crippen molar-refractivity contribution in [3.63, 3.8) is 0 Å². The molecule has 0 aromatic heterocycles. The third-order valence-electron chi connectivity index (χ3n) is 2.78. The van der Waals surface area contributed by atoms with Gasteiger partial charge in [-0.3, -0.25) is 4.90 Å². The normalized spacial score (nSPS) is 24.7. The molecule has 0 aromatic carbocycles. The number of nitrogens with zero attached hydrogens (tertiary/aromatic N) is 1. The smallest absolute Gasteiger partial charge is 0.152 e. The Morgan fingerprint density at radius 3 is 2.43 bits per heavy atom. The summed E-state index contributed by atoms with van der Waals surface area (Å²) in [6, 6.07) is 0.387. The van der Waals surface area contributed by atoms with Gasteiger partial charge in [-0.15, -0.1) is 0 Å². The van der Waals surface area contributed by atoms with E-state index in [1.54, 1.807) is 0 Å². The molecule has 1 saturated heterocycles. The predicted octanol–water partition coefficient (Wildman–Crippen LogP) is -0.122. The largest absolute Gasteiger partial charge is 0.396 e. The molecule has 0 radical (unpaired) electrons. The Hall–Kier alpha value is -0.130. The average Bonchev–Trinajstić information content (AvgIpc) is 2.14. The van der Waals surface area contributed by atoms with E-state index in [1.807, 2.05) is 0 Å². The lowest BCUT2D eigenvalue weighted by atomic mass is 10.1. The first-order valence-corrected chi connectivity index (χ1v) is 6.92. The molecule has 4 nitrogen and oxygen atoms in total. The van der Waals surface area contributed by atoms with E-state index in [9.17, 15) is 8.42 Å². The zero-order valence-corrected chi connectivity index (χ0v) is 9.46. The van der Waals surface area contributed by atoms with Gasteiger partial charge in [0.25, 0.3) is 0 Å². The molecule has 1 heterocycles. The van der Waals surface area contributed by atoms with Crippen molar-refractivity contribution in [1.82, 2.24) is 4.90 Å². The van der Waals surface area contributed by atoms with Crippen molar-refractivity contribution in [3.8, 4) is 0 Å². The van der Waals surface area contributed by atoms with Crippen LogP contribution in [0.2, 0.25) is 0 Å². The first kappa shape index (κ1) is 11.9. The summed E-state index contributed by atoms with van der Waals surface area (Å²) in [6.45, 7) is 3.61. The Labute approximate surface area is 85.8 Å². The fraction of sp³-hybridized carbons (Fsp3) is 1.00. The van der Waals surface area contributed by atoms with Crippen LogP contribution in [0.15, 0.2) is 0 Å². The monoisotopic (exact) mass is 221 g/mol. The second-order valence-corrected chi connectivity index (χ2v) is 6.21. The first-order valence-electron chi connectivity index (χ1n) is 5.10. The number of rotatable bonds is 4. The molecule has 1 N–H and O–H groups in total. The maximum atomic E-state index is 11.2. The van der Waals surface area contributed by atoms with Gasteiger partial charge in [-0.25, -0.2) is 8.42 Å². The Balaban J connectivity index is 2.34. The molecular formula is C9H19NO3S. The second-order valence-electron chi connectivity index (χ2n) is 3.90. The van der Waals surface area contributed by atoms with Gasteiger partial charge in [0.05, 0.1) is 11.5 Å². The van der Waals surface area contributed by atoms with Crippen LogP contribution < -0.4 is 0 Å². The van der Waals surface area contributed by atoms with Crippen molar-refractivity contribution in [3.05, 3.63) is 0 Å². The fourth-order valence-corrected chi connectivity index (χ4v) is 2.97. The molecule has 0 saturated carbocycles. The number of aliphatic hydroxyl groups is 1. The summed E-state index contributed by atoms with van der Waals surface area (Å²) < 4.78 is 22.3. The van der Waals surface area contributed by atoms with Gasteiger partial charge in [0.1, 0.15) is 0 Å². The van der Waals surface area contributed by atoms with Crippen molar-refractivity contribution in [2.24, 2.45) is 0 Å². The van der Waals surface area contributed by atoms with Crippen LogP contribution in [0.1, 0.15) is 19.8 Å². The first-order chi connectivity index (χ1) is 6.55. The zero-order valence-electron chi connectivity index (χ0n) is 8.65. The van der Waals surface area contributed by atoms with E-state index in [4.69, 9.17) is 5.11 Å². The van der Waals surface area contributed by atoms with Crippen LogP contribution in [0.4, 0.5) is 0 Å². The summed E-state index contributed by atoms with van der Waals surface area (Å²) in [5.41, 5.74) is 0. The molecule has 14 heavy (non-hydrogen) atoms. The third-order valence-corrected chi connectivity index (χ3v) is 4.39. The van der Waals surface area contributed by atoms with Crippen molar-refractivity contribution >= 4 is 9.84 Å². The molecule has 84 valence electrons. The van der Waals surface area contributed by atoms with Gasteiger partial charge >= 0.3 is 0 Å². The van der Waals surface area contributed by atoms with Crippen molar-refractivity contribution in [2.45, 2.75) is 25.8 Å². The Morgan fingerprint density at radius 2 is 1.93 bits per heavy atom. The topological polar surface area (TPSA) is 57.6 Å². The van der Waals surface area contributed by atoms with Crippen LogP contribution in [-0.2, 0) is 9.84 Å². The van der Waals surface area contributed by atoms with Crippen LogP contribution in [0.3, 0.4) is 0 Å². The van der Waals surface area contributed by atoms with Crippen molar-refractivity contribution < 1.29 is 13.5 Å². The molecule has 1 atom stereocenters. The van der Waals surface area contributed by atoms with Gasteiger partial charge in [-0.05, 0) is 19.8 Å². The van der Waals surface area contributed by atoms with Crippen molar-refractivity contribution in [2.75, 3.05) is 31.2 Å². The minimum absolute atomic E-state index is 0.219. The molecule has 0 aromatic rings. The number of hydrogen-bond acceptors (Lipinski definition) is 4. The Bertz CT molecular complexity index is 249. The van der Waals surface area contributed by atoms with Gasteiger partial charge in [-0.1, -0.05) is 0 Å². The lowest BCUT2D eigenvalue weighted by Gasteiger charge is -2.32. The molecule has 1 aliphatic rings. The summed E-state index contributed by atoms with van der Waals surface area (Å²) in [5, 5.41) is 8.68. The molecule has 0 amide bonds. The van der Waals surface area contributed by atoms with E-state index < -0.39 is 9.84 Å². The van der Waals surface area contributed by atoms with Gasteiger partial charge in [0.2, 0.25) is 0 Å². The fourth-order valence-electron chi connectivity index (χ4n) is 1.74. The van der Waals surface area contributed by atoms with E-state index >= 15 is 0 Å². The van der Waals surface area contributed by atoms with E-state index in [0.717, 1.165) is 12.8 Å². The number of aliphatic hydroxyl groups excluding tert-OH is 1. The zero-order chi connectivity index (χ0) is 10.6. The molecular weight excluding hydrogens is 202 g/mol. The average molecular weight is 221 g/mol. The lowest BCUT2D eigenvalue weighted by molar-refractivity contribution is 0.196. The maximum absolute atomic E-state index is 11.2. The van der Waals surface area contributed by atoms with Crippen LogP contribution in [0.5, 0.6) is 0 Å². The van der Waals surface area contributed by atoms with Crippen LogP contribution in [0, 0.1) is 0 Å². The second kappa shape index (κ2) is 5.09. The molecule has 1 rings (SSSR count).